The summed E-state index contributed by atoms with van der Waals surface area (Å²) in [5.41, 5.74) is 1.08. The minimum Gasteiger partial charge on any atom is -0.481 e. The molecule has 21 heavy (non-hydrogen) atoms. The largest absolute Gasteiger partial charge is 0.481 e. The van der Waals surface area contributed by atoms with Crippen LogP contribution in [0.2, 0.25) is 0 Å². The molecule has 0 aliphatic heterocycles. The minimum absolute atomic E-state index is 0.0381. The van der Waals surface area contributed by atoms with Crippen molar-refractivity contribution in [1.82, 2.24) is 5.32 Å². The van der Waals surface area contributed by atoms with E-state index in [1.807, 2.05) is 30.3 Å². The molecule has 0 fully saturated rings. The number of carbonyl (C=O) groups is 2. The average Bonchev–Trinajstić information content (AvgIpc) is 2.46. The van der Waals surface area contributed by atoms with Gasteiger partial charge in [-0.05, 0) is 18.4 Å². The van der Waals surface area contributed by atoms with Crippen LogP contribution in [-0.2, 0) is 20.7 Å². The van der Waals surface area contributed by atoms with Gasteiger partial charge in [-0.15, -0.1) is 0 Å². The third-order valence-electron chi connectivity index (χ3n) is 3.24. The van der Waals surface area contributed by atoms with Crippen LogP contribution in [0.15, 0.2) is 30.3 Å². The van der Waals surface area contributed by atoms with Gasteiger partial charge in [0.05, 0.1) is 12.5 Å². The Kier molecular flexibility index (Phi) is 7.46. The maximum atomic E-state index is 12.0. The highest BCUT2D eigenvalue weighted by Crippen LogP contribution is 2.09. The fourth-order valence-electron chi connectivity index (χ4n) is 2.09. The molecule has 1 aromatic rings. The average molecular weight is 293 g/mol. The number of hydrogen-bond acceptors (Lipinski definition) is 3. The van der Waals surface area contributed by atoms with Crippen molar-refractivity contribution in [2.45, 2.75) is 32.2 Å². The van der Waals surface area contributed by atoms with E-state index in [-0.39, 0.29) is 24.3 Å². The predicted octanol–water partition coefficient (Wildman–Crippen LogP) is 1.86. The van der Waals surface area contributed by atoms with Gasteiger partial charge in [-0.1, -0.05) is 37.3 Å². The van der Waals surface area contributed by atoms with Crippen molar-refractivity contribution in [2.75, 3.05) is 13.7 Å². The molecule has 1 rings (SSSR count). The Hall–Kier alpha value is -1.88. The molecule has 116 valence electrons. The van der Waals surface area contributed by atoms with Gasteiger partial charge in [-0.2, -0.15) is 0 Å². The van der Waals surface area contributed by atoms with Crippen LogP contribution in [-0.4, -0.2) is 36.7 Å². The number of rotatable bonds is 9. The Labute approximate surface area is 125 Å². The number of nitrogens with one attached hydrogen (secondary N) is 1. The lowest BCUT2D eigenvalue weighted by molar-refractivity contribution is -0.137. The first-order valence-corrected chi connectivity index (χ1v) is 7.08. The summed E-state index contributed by atoms with van der Waals surface area (Å²) in [4.78, 5) is 22.8. The van der Waals surface area contributed by atoms with Gasteiger partial charge < -0.3 is 15.2 Å². The van der Waals surface area contributed by atoms with Crippen LogP contribution in [0.4, 0.5) is 0 Å². The SMILES string of the molecule is COCC(C)C(=O)NC(CCC(=O)O)Cc1ccccc1. The molecule has 0 bridgehead atoms. The normalized spacial score (nSPS) is 13.4. The van der Waals surface area contributed by atoms with Crippen molar-refractivity contribution < 1.29 is 19.4 Å². The van der Waals surface area contributed by atoms with E-state index in [0.717, 1.165) is 5.56 Å². The molecule has 0 radical (unpaired) electrons. The van der Waals surface area contributed by atoms with Gasteiger partial charge in [0.25, 0.3) is 0 Å². The van der Waals surface area contributed by atoms with Crippen molar-refractivity contribution in [3.05, 3.63) is 35.9 Å². The molecule has 0 aromatic heterocycles. The summed E-state index contributed by atoms with van der Waals surface area (Å²) in [5.74, 6) is -1.21. The fraction of sp³-hybridized carbons (Fsp3) is 0.500. The summed E-state index contributed by atoms with van der Waals surface area (Å²) < 4.78 is 4.97. The molecule has 0 saturated carbocycles. The monoisotopic (exact) mass is 293 g/mol. The molecule has 0 aliphatic rings. The van der Waals surface area contributed by atoms with Gasteiger partial charge in [0.15, 0.2) is 0 Å². The van der Waals surface area contributed by atoms with E-state index >= 15 is 0 Å². The lowest BCUT2D eigenvalue weighted by Gasteiger charge is -2.20. The van der Waals surface area contributed by atoms with Gasteiger partial charge in [0, 0.05) is 19.6 Å². The van der Waals surface area contributed by atoms with E-state index in [9.17, 15) is 9.59 Å². The minimum atomic E-state index is -0.854. The molecule has 0 saturated heterocycles. The van der Waals surface area contributed by atoms with E-state index in [1.165, 1.54) is 0 Å². The van der Waals surface area contributed by atoms with E-state index in [1.54, 1.807) is 14.0 Å². The summed E-state index contributed by atoms with van der Waals surface area (Å²) in [6.45, 7) is 2.14. The lowest BCUT2D eigenvalue weighted by Crippen LogP contribution is -2.40. The van der Waals surface area contributed by atoms with Gasteiger partial charge in [-0.3, -0.25) is 9.59 Å². The van der Waals surface area contributed by atoms with Crippen LogP contribution < -0.4 is 5.32 Å². The van der Waals surface area contributed by atoms with Crippen molar-refractivity contribution in [2.24, 2.45) is 5.92 Å². The van der Waals surface area contributed by atoms with Gasteiger partial charge in [0.2, 0.25) is 5.91 Å². The van der Waals surface area contributed by atoms with E-state index < -0.39 is 5.97 Å². The highest BCUT2D eigenvalue weighted by molar-refractivity contribution is 5.78. The second-order valence-electron chi connectivity index (χ2n) is 5.18. The van der Waals surface area contributed by atoms with Crippen LogP contribution in [0.5, 0.6) is 0 Å². The molecule has 5 nitrogen and oxygen atoms in total. The van der Waals surface area contributed by atoms with Crippen LogP contribution >= 0.6 is 0 Å². The number of aliphatic carboxylic acids is 1. The summed E-state index contributed by atoms with van der Waals surface area (Å²) in [6, 6.07) is 9.54. The molecule has 0 heterocycles. The van der Waals surface area contributed by atoms with Crippen LogP contribution in [0.3, 0.4) is 0 Å². The quantitative estimate of drug-likeness (QED) is 0.728. The number of ether oxygens (including phenoxy) is 1. The summed E-state index contributed by atoms with van der Waals surface area (Å²) >= 11 is 0. The third-order valence-corrected chi connectivity index (χ3v) is 3.24. The molecular formula is C16H23NO4. The van der Waals surface area contributed by atoms with E-state index in [0.29, 0.717) is 19.4 Å². The zero-order valence-electron chi connectivity index (χ0n) is 12.5. The molecule has 0 spiro atoms. The smallest absolute Gasteiger partial charge is 0.303 e. The number of carboxylic acid groups (broad SMARTS) is 1. The Balaban J connectivity index is 2.63. The zero-order valence-corrected chi connectivity index (χ0v) is 12.5. The van der Waals surface area contributed by atoms with Crippen LogP contribution in [0.1, 0.15) is 25.3 Å². The Morgan fingerprint density at radius 2 is 1.95 bits per heavy atom. The molecule has 0 aliphatic carbocycles. The number of methoxy groups -OCH3 is 1. The van der Waals surface area contributed by atoms with Crippen molar-refractivity contribution >= 4 is 11.9 Å². The first kappa shape index (κ1) is 17.2. The van der Waals surface area contributed by atoms with Crippen molar-refractivity contribution in [3.8, 4) is 0 Å². The second kappa shape index (κ2) is 9.13. The highest BCUT2D eigenvalue weighted by Gasteiger charge is 2.18. The van der Waals surface area contributed by atoms with E-state index in [4.69, 9.17) is 9.84 Å². The van der Waals surface area contributed by atoms with Crippen molar-refractivity contribution in [3.63, 3.8) is 0 Å². The third kappa shape index (κ3) is 6.90. The number of benzene rings is 1. The molecule has 2 N–H and O–H groups in total. The standard InChI is InChI=1S/C16H23NO4/c1-12(11-21-2)16(20)17-14(8-9-15(18)19)10-13-6-4-3-5-7-13/h3-7,12,14H,8-11H2,1-2H3,(H,17,20)(H,18,19). The maximum absolute atomic E-state index is 12.0. The maximum Gasteiger partial charge on any atom is 0.303 e. The first-order valence-electron chi connectivity index (χ1n) is 7.08. The summed E-state index contributed by atoms with van der Waals surface area (Å²) in [5, 5.41) is 11.7. The molecular weight excluding hydrogens is 270 g/mol. The van der Waals surface area contributed by atoms with Crippen LogP contribution in [0, 0.1) is 5.92 Å². The fourth-order valence-corrected chi connectivity index (χ4v) is 2.09. The predicted molar refractivity (Wildman–Crippen MR) is 80.0 cm³/mol. The van der Waals surface area contributed by atoms with Gasteiger partial charge in [-0.25, -0.2) is 0 Å². The molecule has 2 unspecified atom stereocenters. The molecule has 1 amide bonds. The lowest BCUT2D eigenvalue weighted by atomic mass is 10.0. The van der Waals surface area contributed by atoms with E-state index in [2.05, 4.69) is 5.32 Å². The molecule has 2 atom stereocenters. The Morgan fingerprint density at radius 3 is 2.52 bits per heavy atom. The number of amides is 1. The van der Waals surface area contributed by atoms with Gasteiger partial charge >= 0.3 is 5.97 Å². The second-order valence-corrected chi connectivity index (χ2v) is 5.18. The molecule has 5 heteroatoms. The number of carbonyl (C=O) groups excluding carboxylic acids is 1. The topological polar surface area (TPSA) is 75.6 Å². The van der Waals surface area contributed by atoms with Crippen LogP contribution in [0.25, 0.3) is 0 Å². The van der Waals surface area contributed by atoms with Gasteiger partial charge in [0.1, 0.15) is 0 Å². The number of carboxylic acids is 1. The van der Waals surface area contributed by atoms with Crippen molar-refractivity contribution in [1.29, 1.82) is 0 Å². The summed E-state index contributed by atoms with van der Waals surface area (Å²) in [6.07, 6.45) is 1.08. The Morgan fingerprint density at radius 1 is 1.29 bits per heavy atom. The first-order chi connectivity index (χ1) is 10.0. The molecule has 1 aromatic carbocycles. The highest BCUT2D eigenvalue weighted by atomic mass is 16.5. The number of hydrogen-bond donors (Lipinski definition) is 2. The zero-order chi connectivity index (χ0) is 15.7. The summed E-state index contributed by atoms with van der Waals surface area (Å²) in [7, 11) is 1.55. The Bertz CT molecular complexity index is 447.